The number of anilines is 1. The van der Waals surface area contributed by atoms with Crippen LogP contribution in [0.3, 0.4) is 0 Å². The fourth-order valence-electron chi connectivity index (χ4n) is 1.36. The molecular weight excluding hydrogens is 246 g/mol. The largest absolute Gasteiger partial charge is 0.480 e. The molecule has 1 heterocycles. The van der Waals surface area contributed by atoms with Crippen LogP contribution in [0.5, 0.6) is 0 Å². The molecule has 0 aliphatic carbocycles. The van der Waals surface area contributed by atoms with Crippen LogP contribution in [0, 0.1) is 0 Å². The quantitative estimate of drug-likeness (QED) is 0.680. The monoisotopic (exact) mass is 255 g/mol. The van der Waals surface area contributed by atoms with Crippen molar-refractivity contribution < 1.29 is 18.3 Å². The summed E-state index contributed by atoms with van der Waals surface area (Å²) in [5.74, 6) is -1.23. The van der Waals surface area contributed by atoms with Crippen molar-refractivity contribution in [3.8, 4) is 0 Å². The lowest BCUT2D eigenvalue weighted by Crippen LogP contribution is -2.41. The van der Waals surface area contributed by atoms with Gasteiger partial charge in [-0.1, -0.05) is 12.1 Å². The molecule has 0 unspecified atom stereocenters. The van der Waals surface area contributed by atoms with E-state index in [9.17, 15) is 13.2 Å². The Hall–Kier alpha value is -2.09. The predicted molar refractivity (Wildman–Crippen MR) is 60.3 cm³/mol. The maximum Gasteiger partial charge on any atom is 0.325 e. The second-order valence-electron chi connectivity index (χ2n) is 3.29. The lowest BCUT2D eigenvalue weighted by atomic mass is 10.3. The first-order valence-corrected chi connectivity index (χ1v) is 6.12. The number of carboxylic acids is 1. The highest BCUT2D eigenvalue weighted by Crippen LogP contribution is 2.23. The van der Waals surface area contributed by atoms with Gasteiger partial charge in [-0.15, -0.1) is 0 Å². The topological polar surface area (TPSA) is 108 Å². The molecule has 0 spiro atoms. The number of carbonyl (C=O) groups is 1. The average Bonchev–Trinajstić information content (AvgIpc) is 2.25. The summed E-state index contributed by atoms with van der Waals surface area (Å²) in [5, 5.41) is 11.2. The molecule has 0 bridgehead atoms. The number of carboxylic acid groups (broad SMARTS) is 1. The van der Waals surface area contributed by atoms with Crippen LogP contribution in [0.1, 0.15) is 0 Å². The second kappa shape index (κ2) is 4.06. The molecule has 1 aliphatic heterocycles. The Bertz CT molecular complexity index is 594. The maximum atomic E-state index is 11.7. The van der Waals surface area contributed by atoms with E-state index in [0.717, 1.165) is 0 Å². The summed E-state index contributed by atoms with van der Waals surface area (Å²) in [4.78, 5) is 14.0. The van der Waals surface area contributed by atoms with Crippen molar-refractivity contribution in [2.24, 2.45) is 4.99 Å². The van der Waals surface area contributed by atoms with E-state index in [1.807, 2.05) is 0 Å². The molecule has 0 saturated heterocycles. The first-order valence-electron chi connectivity index (χ1n) is 4.64. The molecule has 3 N–H and O–H groups in total. The third-order valence-corrected chi connectivity index (χ3v) is 3.43. The molecule has 1 aliphatic rings. The van der Waals surface area contributed by atoms with Gasteiger partial charge in [-0.05, 0) is 12.1 Å². The number of nitrogens with one attached hydrogen (secondary N) is 2. The molecule has 0 fully saturated rings. The SMILES string of the molecule is O=C(O)CN=C1Nc2ccccc2S(=O)(=O)N1. The smallest absolute Gasteiger partial charge is 0.325 e. The van der Waals surface area contributed by atoms with E-state index in [4.69, 9.17) is 5.11 Å². The Morgan fingerprint density at radius 3 is 2.76 bits per heavy atom. The average molecular weight is 255 g/mol. The molecule has 1 aromatic rings. The number of para-hydroxylation sites is 1. The number of rotatable bonds is 2. The molecule has 0 amide bonds. The number of nitrogens with zero attached hydrogens (tertiary/aromatic N) is 1. The summed E-state index contributed by atoms with van der Waals surface area (Å²) in [7, 11) is -3.68. The standard InChI is InChI=1S/C9H9N3O4S/c13-8(14)5-10-9-11-6-3-1-2-4-7(6)17(15,16)12-9/h1-4H,5H2,(H,13,14)(H2,10,11,12). The first kappa shape index (κ1) is 11.4. The molecular formula is C9H9N3O4S. The number of benzene rings is 1. The molecule has 1 aromatic carbocycles. The minimum Gasteiger partial charge on any atom is -0.480 e. The van der Waals surface area contributed by atoms with E-state index in [0.29, 0.717) is 5.69 Å². The second-order valence-corrected chi connectivity index (χ2v) is 4.94. The molecule has 0 aromatic heterocycles. The zero-order chi connectivity index (χ0) is 12.5. The van der Waals surface area contributed by atoms with Crippen molar-refractivity contribution in [2.45, 2.75) is 4.90 Å². The Balaban J connectivity index is 2.38. The predicted octanol–water partition coefficient (Wildman–Crippen LogP) is -0.169. The fraction of sp³-hybridized carbons (Fsp3) is 0.111. The zero-order valence-corrected chi connectivity index (χ0v) is 9.36. The number of hydrogen-bond donors (Lipinski definition) is 3. The number of hydrogen-bond acceptors (Lipinski definition) is 4. The summed E-state index contributed by atoms with van der Waals surface area (Å²) in [6.07, 6.45) is 0. The molecule has 90 valence electrons. The first-order chi connectivity index (χ1) is 7.99. The number of aliphatic imine (C=N–C) groups is 1. The highest BCUT2D eigenvalue weighted by molar-refractivity contribution is 7.90. The summed E-state index contributed by atoms with van der Waals surface area (Å²) in [5.41, 5.74) is 0.371. The minimum atomic E-state index is -3.68. The van der Waals surface area contributed by atoms with Crippen LogP contribution in [-0.2, 0) is 14.8 Å². The van der Waals surface area contributed by atoms with Crippen molar-refractivity contribution >= 4 is 27.6 Å². The van der Waals surface area contributed by atoms with Crippen molar-refractivity contribution in [3.63, 3.8) is 0 Å². The van der Waals surface area contributed by atoms with E-state index in [1.165, 1.54) is 6.07 Å². The summed E-state index contributed by atoms with van der Waals surface area (Å²) in [6.45, 7) is -0.507. The molecule has 17 heavy (non-hydrogen) atoms. The lowest BCUT2D eigenvalue weighted by molar-refractivity contribution is -0.135. The van der Waals surface area contributed by atoms with Crippen LogP contribution in [0.15, 0.2) is 34.2 Å². The van der Waals surface area contributed by atoms with Crippen molar-refractivity contribution in [1.82, 2.24) is 4.72 Å². The number of aliphatic carboxylic acids is 1. The maximum absolute atomic E-state index is 11.7. The van der Waals surface area contributed by atoms with Crippen molar-refractivity contribution in [3.05, 3.63) is 24.3 Å². The Morgan fingerprint density at radius 2 is 2.06 bits per heavy atom. The van der Waals surface area contributed by atoms with Gasteiger partial charge < -0.3 is 10.4 Å². The lowest BCUT2D eigenvalue weighted by Gasteiger charge is -2.20. The Morgan fingerprint density at radius 1 is 1.35 bits per heavy atom. The number of guanidine groups is 1. The minimum absolute atomic E-state index is 0.0916. The molecule has 7 nitrogen and oxygen atoms in total. The van der Waals surface area contributed by atoms with E-state index < -0.39 is 22.5 Å². The molecule has 0 radical (unpaired) electrons. The van der Waals surface area contributed by atoms with Gasteiger partial charge in [0.05, 0.1) is 5.69 Å². The van der Waals surface area contributed by atoms with Crippen molar-refractivity contribution in [2.75, 3.05) is 11.9 Å². The third kappa shape index (κ3) is 2.36. The van der Waals surface area contributed by atoms with Crippen LogP contribution < -0.4 is 10.0 Å². The summed E-state index contributed by atoms with van der Waals surface area (Å²) in [6, 6.07) is 6.28. The number of sulfonamides is 1. The van der Waals surface area contributed by atoms with Crippen LogP contribution in [-0.4, -0.2) is 32.0 Å². The number of fused-ring (bicyclic) bond motifs is 1. The molecule has 0 atom stereocenters. The molecule has 0 saturated carbocycles. The van der Waals surface area contributed by atoms with Gasteiger partial charge in [-0.2, -0.15) is 0 Å². The van der Waals surface area contributed by atoms with Crippen LogP contribution in [0.4, 0.5) is 5.69 Å². The third-order valence-electron chi connectivity index (χ3n) is 2.03. The van der Waals surface area contributed by atoms with Crippen LogP contribution in [0.25, 0.3) is 0 Å². The molecule has 8 heteroatoms. The van der Waals surface area contributed by atoms with Gasteiger partial charge in [0.15, 0.2) is 0 Å². The van der Waals surface area contributed by atoms with E-state index in [-0.39, 0.29) is 10.9 Å². The highest BCUT2D eigenvalue weighted by Gasteiger charge is 2.25. The van der Waals surface area contributed by atoms with Gasteiger partial charge in [0.2, 0.25) is 5.96 Å². The van der Waals surface area contributed by atoms with Gasteiger partial charge in [0.1, 0.15) is 11.4 Å². The fourth-order valence-corrected chi connectivity index (χ4v) is 2.50. The normalized spacial score (nSPS) is 18.9. The summed E-state index contributed by atoms with van der Waals surface area (Å²) < 4.78 is 25.6. The van der Waals surface area contributed by atoms with Gasteiger partial charge in [-0.3, -0.25) is 4.79 Å². The molecule has 2 rings (SSSR count). The van der Waals surface area contributed by atoms with Crippen molar-refractivity contribution in [1.29, 1.82) is 0 Å². The van der Waals surface area contributed by atoms with E-state index >= 15 is 0 Å². The Kier molecular flexibility index (Phi) is 2.72. The highest BCUT2D eigenvalue weighted by atomic mass is 32.2. The Labute approximate surface area is 97.2 Å². The summed E-state index contributed by atoms with van der Waals surface area (Å²) >= 11 is 0. The zero-order valence-electron chi connectivity index (χ0n) is 8.54. The van der Waals surface area contributed by atoms with Gasteiger partial charge in [0, 0.05) is 0 Å². The van der Waals surface area contributed by atoms with Gasteiger partial charge in [-0.25, -0.2) is 18.1 Å². The van der Waals surface area contributed by atoms with Gasteiger partial charge in [0.25, 0.3) is 10.0 Å². The van der Waals surface area contributed by atoms with E-state index in [2.05, 4.69) is 15.0 Å². The van der Waals surface area contributed by atoms with Gasteiger partial charge >= 0.3 is 5.97 Å². The van der Waals surface area contributed by atoms with E-state index in [1.54, 1.807) is 18.2 Å². The van der Waals surface area contributed by atoms with Crippen LogP contribution >= 0.6 is 0 Å². The van der Waals surface area contributed by atoms with Crippen LogP contribution in [0.2, 0.25) is 0 Å².